The van der Waals surface area contributed by atoms with Crippen LogP contribution in [0, 0.1) is 5.41 Å². The van der Waals surface area contributed by atoms with E-state index in [4.69, 9.17) is 5.11 Å². The third-order valence-corrected chi connectivity index (χ3v) is 2.65. The fourth-order valence-corrected chi connectivity index (χ4v) is 2.15. The second-order valence-corrected chi connectivity index (χ2v) is 3.57. The fraction of sp³-hybridized carbons (Fsp3) is 1.00. The zero-order valence-electron chi connectivity index (χ0n) is 5.31. The number of aliphatic hydroxyl groups is 1. The van der Waals surface area contributed by atoms with E-state index in [-0.39, 0.29) is 11.5 Å². The molecule has 0 aromatic rings. The van der Waals surface area contributed by atoms with Crippen LogP contribution in [0.2, 0.25) is 0 Å². The van der Waals surface area contributed by atoms with E-state index in [9.17, 15) is 4.39 Å². The van der Waals surface area contributed by atoms with Crippen molar-refractivity contribution >= 4 is 0 Å². The molecule has 0 saturated heterocycles. The highest BCUT2D eigenvalue weighted by Crippen LogP contribution is 2.56. The summed E-state index contributed by atoms with van der Waals surface area (Å²) in [5, 5.41) is 8.91. The Morgan fingerprint density at radius 1 is 1.22 bits per heavy atom. The average Bonchev–Trinajstić information content (AvgIpc) is 1.58. The van der Waals surface area contributed by atoms with Crippen LogP contribution in [-0.2, 0) is 0 Å². The minimum atomic E-state index is -0.558. The van der Waals surface area contributed by atoms with Crippen LogP contribution in [0.4, 0.5) is 4.39 Å². The van der Waals surface area contributed by atoms with Crippen LogP contribution in [0.1, 0.15) is 25.7 Å². The second kappa shape index (κ2) is 1.48. The van der Waals surface area contributed by atoms with E-state index in [0.29, 0.717) is 12.8 Å². The highest BCUT2D eigenvalue weighted by atomic mass is 19.1. The summed E-state index contributed by atoms with van der Waals surface area (Å²) in [4.78, 5) is 0. The Balaban J connectivity index is 1.87. The monoisotopic (exact) mass is 130 g/mol. The molecule has 0 atom stereocenters. The summed E-state index contributed by atoms with van der Waals surface area (Å²) < 4.78 is 12.3. The number of rotatable bonds is 0. The predicted molar refractivity (Wildman–Crippen MR) is 31.8 cm³/mol. The average molecular weight is 130 g/mol. The molecule has 2 heteroatoms. The van der Waals surface area contributed by atoms with Crippen molar-refractivity contribution in [3.05, 3.63) is 0 Å². The quantitative estimate of drug-likeness (QED) is 0.523. The largest absolute Gasteiger partial charge is 0.393 e. The van der Waals surface area contributed by atoms with Crippen LogP contribution in [0.5, 0.6) is 0 Å². The lowest BCUT2D eigenvalue weighted by Gasteiger charge is -2.53. The minimum absolute atomic E-state index is 0.113. The summed E-state index contributed by atoms with van der Waals surface area (Å²) in [6, 6.07) is 0. The first-order chi connectivity index (χ1) is 4.20. The van der Waals surface area contributed by atoms with Crippen molar-refractivity contribution in [1.82, 2.24) is 0 Å². The summed E-state index contributed by atoms with van der Waals surface area (Å²) in [5.41, 5.74) is 0.263. The molecule has 52 valence electrons. The lowest BCUT2D eigenvalue weighted by molar-refractivity contribution is -0.117. The minimum Gasteiger partial charge on any atom is -0.393 e. The third kappa shape index (κ3) is 0.692. The first-order valence-electron chi connectivity index (χ1n) is 3.52. The van der Waals surface area contributed by atoms with Gasteiger partial charge in [0.2, 0.25) is 0 Å². The van der Waals surface area contributed by atoms with Crippen LogP contribution >= 0.6 is 0 Å². The van der Waals surface area contributed by atoms with Crippen LogP contribution < -0.4 is 0 Å². The molecule has 2 aliphatic rings. The van der Waals surface area contributed by atoms with E-state index in [1.54, 1.807) is 0 Å². The van der Waals surface area contributed by atoms with Crippen LogP contribution in [0.15, 0.2) is 0 Å². The van der Waals surface area contributed by atoms with Crippen LogP contribution in [0.3, 0.4) is 0 Å². The second-order valence-electron chi connectivity index (χ2n) is 3.57. The molecule has 2 saturated carbocycles. The molecule has 2 fully saturated rings. The fourth-order valence-electron chi connectivity index (χ4n) is 2.15. The number of halogens is 1. The smallest absolute Gasteiger partial charge is 0.101 e. The van der Waals surface area contributed by atoms with Gasteiger partial charge in [-0.2, -0.15) is 0 Å². The van der Waals surface area contributed by atoms with Crippen molar-refractivity contribution < 1.29 is 9.50 Å². The number of aliphatic hydroxyl groups excluding tert-OH is 1. The van der Waals surface area contributed by atoms with Gasteiger partial charge in [-0.05, 0) is 31.1 Å². The predicted octanol–water partition coefficient (Wildman–Crippen LogP) is 1.26. The van der Waals surface area contributed by atoms with Crippen molar-refractivity contribution in [3.8, 4) is 0 Å². The Bertz CT molecular complexity index is 103. The SMILES string of the molecule is OC1CC2(C1)CC(F)C2. The van der Waals surface area contributed by atoms with E-state index < -0.39 is 6.17 Å². The molecule has 0 heterocycles. The van der Waals surface area contributed by atoms with Crippen molar-refractivity contribution in [2.45, 2.75) is 38.0 Å². The molecule has 1 N–H and O–H groups in total. The molecule has 2 rings (SSSR count). The van der Waals surface area contributed by atoms with Crippen molar-refractivity contribution in [2.24, 2.45) is 5.41 Å². The molecule has 0 unspecified atom stereocenters. The van der Waals surface area contributed by atoms with Crippen molar-refractivity contribution in [2.75, 3.05) is 0 Å². The molecule has 0 radical (unpaired) electrons. The first-order valence-corrected chi connectivity index (χ1v) is 3.52. The maximum atomic E-state index is 12.3. The van der Waals surface area contributed by atoms with Gasteiger partial charge in [-0.1, -0.05) is 0 Å². The molecule has 1 spiro atoms. The maximum absolute atomic E-state index is 12.3. The zero-order chi connectivity index (χ0) is 6.48. The van der Waals surface area contributed by atoms with Gasteiger partial charge in [0, 0.05) is 0 Å². The van der Waals surface area contributed by atoms with Crippen LogP contribution in [-0.4, -0.2) is 17.4 Å². The Morgan fingerprint density at radius 2 is 1.78 bits per heavy atom. The summed E-state index contributed by atoms with van der Waals surface area (Å²) in [6.07, 6.45) is 2.46. The van der Waals surface area contributed by atoms with Gasteiger partial charge >= 0.3 is 0 Å². The molecule has 0 aliphatic heterocycles. The summed E-state index contributed by atoms with van der Waals surface area (Å²) >= 11 is 0. The Kier molecular flexibility index (Phi) is 0.933. The lowest BCUT2D eigenvalue weighted by Crippen LogP contribution is -2.50. The number of alkyl halides is 1. The number of hydrogen-bond acceptors (Lipinski definition) is 1. The van der Waals surface area contributed by atoms with Gasteiger partial charge < -0.3 is 5.11 Å². The van der Waals surface area contributed by atoms with E-state index in [1.807, 2.05) is 0 Å². The zero-order valence-corrected chi connectivity index (χ0v) is 5.31. The van der Waals surface area contributed by atoms with Gasteiger partial charge in [0.15, 0.2) is 0 Å². The molecule has 9 heavy (non-hydrogen) atoms. The summed E-state index contributed by atoms with van der Waals surface area (Å²) in [5.74, 6) is 0. The van der Waals surface area contributed by atoms with E-state index in [0.717, 1.165) is 12.8 Å². The molecular weight excluding hydrogens is 119 g/mol. The molecule has 0 amide bonds. The van der Waals surface area contributed by atoms with E-state index in [1.165, 1.54) is 0 Å². The van der Waals surface area contributed by atoms with Gasteiger partial charge in [-0.25, -0.2) is 4.39 Å². The number of hydrogen-bond donors (Lipinski definition) is 1. The first kappa shape index (κ1) is 5.66. The standard InChI is InChI=1S/C7H11FO/c8-5-1-7(2-5)3-6(9)4-7/h5-6,9H,1-4H2. The third-order valence-electron chi connectivity index (χ3n) is 2.65. The molecule has 0 aromatic carbocycles. The van der Waals surface area contributed by atoms with Gasteiger partial charge in [-0.15, -0.1) is 0 Å². The summed E-state index contributed by atoms with van der Waals surface area (Å²) in [6.45, 7) is 0. The van der Waals surface area contributed by atoms with Gasteiger partial charge in [-0.3, -0.25) is 0 Å². The molecule has 0 aromatic heterocycles. The van der Waals surface area contributed by atoms with E-state index >= 15 is 0 Å². The van der Waals surface area contributed by atoms with Gasteiger partial charge in [0.1, 0.15) is 6.17 Å². The Hall–Kier alpha value is -0.110. The van der Waals surface area contributed by atoms with Gasteiger partial charge in [0.05, 0.1) is 6.10 Å². The Morgan fingerprint density at radius 3 is 2.11 bits per heavy atom. The highest BCUT2D eigenvalue weighted by molar-refractivity contribution is 5.03. The lowest BCUT2D eigenvalue weighted by atomic mass is 9.54. The maximum Gasteiger partial charge on any atom is 0.101 e. The molecule has 1 nitrogen and oxygen atoms in total. The molecule has 0 bridgehead atoms. The normalized spacial score (nSPS) is 56.7. The molecule has 2 aliphatic carbocycles. The topological polar surface area (TPSA) is 20.2 Å². The van der Waals surface area contributed by atoms with Crippen LogP contribution in [0.25, 0.3) is 0 Å². The summed E-state index contributed by atoms with van der Waals surface area (Å²) in [7, 11) is 0. The molecular formula is C7H11FO. The highest BCUT2D eigenvalue weighted by Gasteiger charge is 2.52. The van der Waals surface area contributed by atoms with Crippen molar-refractivity contribution in [3.63, 3.8) is 0 Å². The van der Waals surface area contributed by atoms with Gasteiger partial charge in [0.25, 0.3) is 0 Å². The Labute approximate surface area is 53.9 Å². The van der Waals surface area contributed by atoms with Crippen molar-refractivity contribution in [1.29, 1.82) is 0 Å². The van der Waals surface area contributed by atoms with E-state index in [2.05, 4.69) is 0 Å².